The van der Waals surface area contributed by atoms with Gasteiger partial charge in [-0.2, -0.15) is 0 Å². The molecule has 1 aliphatic carbocycles. The highest BCUT2D eigenvalue weighted by atomic mass is 16.5. The van der Waals surface area contributed by atoms with Gasteiger partial charge in [0.05, 0.1) is 11.1 Å². The lowest BCUT2D eigenvalue weighted by atomic mass is 9.75. The van der Waals surface area contributed by atoms with Crippen molar-refractivity contribution in [2.75, 3.05) is 6.54 Å². The number of nitrogens with one attached hydrogen (secondary N) is 1. The van der Waals surface area contributed by atoms with Crippen molar-refractivity contribution in [2.24, 2.45) is 0 Å². The van der Waals surface area contributed by atoms with Crippen LogP contribution in [-0.2, 0) is 10.3 Å². The van der Waals surface area contributed by atoms with Crippen molar-refractivity contribution in [1.82, 2.24) is 9.88 Å². The summed E-state index contributed by atoms with van der Waals surface area (Å²) in [5, 5.41) is 3.99. The number of carbonyl (C=O) groups is 2. The summed E-state index contributed by atoms with van der Waals surface area (Å²) < 4.78 is 7.07. The van der Waals surface area contributed by atoms with Crippen LogP contribution < -0.4 is 10.1 Å². The maximum Gasteiger partial charge on any atom is 0.298 e. The zero-order valence-electron chi connectivity index (χ0n) is 10.9. The molecule has 1 aliphatic heterocycles. The summed E-state index contributed by atoms with van der Waals surface area (Å²) in [6, 6.07) is 7.38. The number of benzene rings is 1. The Balaban J connectivity index is 1.98. The van der Waals surface area contributed by atoms with Gasteiger partial charge in [-0.25, -0.2) is 0 Å². The van der Waals surface area contributed by atoms with Crippen LogP contribution >= 0.6 is 0 Å². The van der Waals surface area contributed by atoms with Crippen LogP contribution in [0.25, 0.3) is 10.9 Å². The quantitative estimate of drug-likeness (QED) is 0.846. The van der Waals surface area contributed by atoms with Gasteiger partial charge in [-0.05, 0) is 37.5 Å². The first-order chi connectivity index (χ1) is 9.73. The molecule has 5 nitrogen and oxygen atoms in total. The zero-order valence-corrected chi connectivity index (χ0v) is 10.9. The Morgan fingerprint density at radius 2 is 2.15 bits per heavy atom. The van der Waals surface area contributed by atoms with Crippen molar-refractivity contribution < 1.29 is 14.3 Å². The van der Waals surface area contributed by atoms with Crippen molar-refractivity contribution in [3.05, 3.63) is 30.0 Å². The molecule has 2 aliphatic rings. The lowest BCUT2D eigenvalue weighted by Gasteiger charge is -2.47. The van der Waals surface area contributed by atoms with Gasteiger partial charge in [-0.3, -0.25) is 9.59 Å². The van der Waals surface area contributed by atoms with Gasteiger partial charge < -0.3 is 14.6 Å². The highest BCUT2D eigenvalue weighted by Crippen LogP contribution is 2.44. The summed E-state index contributed by atoms with van der Waals surface area (Å²) in [5.41, 5.74) is 1.67. The predicted octanol–water partition coefficient (Wildman–Crippen LogP) is 1.80. The minimum absolute atomic E-state index is 0.00476. The normalized spacial score (nSPS) is 19.3. The van der Waals surface area contributed by atoms with Gasteiger partial charge >= 0.3 is 0 Å². The molecule has 102 valence electrons. The molecule has 1 N–H and O–H groups in total. The van der Waals surface area contributed by atoms with Crippen molar-refractivity contribution in [3.63, 3.8) is 0 Å². The van der Waals surface area contributed by atoms with Crippen molar-refractivity contribution >= 4 is 23.3 Å². The highest BCUT2D eigenvalue weighted by molar-refractivity contribution is 6.00. The molecule has 0 unspecified atom stereocenters. The molecule has 1 spiro atoms. The number of rotatable bonds is 2. The van der Waals surface area contributed by atoms with Crippen LogP contribution in [0.3, 0.4) is 0 Å². The first-order valence-corrected chi connectivity index (χ1v) is 6.78. The molecule has 0 bridgehead atoms. The number of carbonyl (C=O) groups excluding carboxylic acids is 2. The molecule has 5 heteroatoms. The third kappa shape index (κ3) is 1.37. The van der Waals surface area contributed by atoms with Crippen molar-refractivity contribution in [2.45, 2.75) is 24.8 Å². The van der Waals surface area contributed by atoms with E-state index in [0.717, 1.165) is 23.7 Å². The zero-order chi connectivity index (χ0) is 13.7. The van der Waals surface area contributed by atoms with Gasteiger partial charge in [0.15, 0.2) is 0 Å². The third-order valence-corrected chi connectivity index (χ3v) is 4.53. The van der Waals surface area contributed by atoms with Crippen molar-refractivity contribution in [1.29, 1.82) is 0 Å². The van der Waals surface area contributed by atoms with E-state index in [-0.39, 0.29) is 11.4 Å². The standard InChI is InChI=1S/C15H14N2O3/c18-9-20-11-3-2-10-6-13-14(19)16-8-15(4-1-5-15)17(13)12(10)7-11/h2-3,6-7,9H,1,4-5,8H2,(H,16,19). The van der Waals surface area contributed by atoms with Crippen LogP contribution in [0.1, 0.15) is 29.8 Å². The largest absolute Gasteiger partial charge is 0.429 e. The van der Waals surface area contributed by atoms with Crippen LogP contribution in [0.5, 0.6) is 5.75 Å². The van der Waals surface area contributed by atoms with E-state index >= 15 is 0 Å². The summed E-state index contributed by atoms with van der Waals surface area (Å²) in [4.78, 5) is 22.6. The fraction of sp³-hybridized carbons (Fsp3) is 0.333. The Hall–Kier alpha value is -2.30. The SMILES string of the molecule is O=COc1ccc2cc3n(c2c1)C1(CCC1)CNC3=O. The molecule has 1 aromatic carbocycles. The van der Waals surface area contributed by atoms with E-state index < -0.39 is 0 Å². The molecule has 2 aromatic rings. The molecule has 0 saturated heterocycles. The minimum atomic E-state index is -0.0309. The fourth-order valence-corrected chi connectivity index (χ4v) is 3.39. The van der Waals surface area contributed by atoms with Crippen LogP contribution in [0.15, 0.2) is 24.3 Å². The maximum absolute atomic E-state index is 12.1. The molecule has 20 heavy (non-hydrogen) atoms. The monoisotopic (exact) mass is 270 g/mol. The summed E-state index contributed by atoms with van der Waals surface area (Å²) in [5.74, 6) is 0.477. The van der Waals surface area contributed by atoms with Gasteiger partial charge in [0, 0.05) is 18.0 Å². The smallest absolute Gasteiger partial charge is 0.298 e. The molecule has 1 aromatic heterocycles. The summed E-state index contributed by atoms with van der Waals surface area (Å²) in [6.07, 6.45) is 3.32. The summed E-state index contributed by atoms with van der Waals surface area (Å²) in [6.45, 7) is 1.11. The summed E-state index contributed by atoms with van der Waals surface area (Å²) >= 11 is 0. The molecule has 1 saturated carbocycles. The second-order valence-electron chi connectivity index (χ2n) is 5.56. The van der Waals surface area contributed by atoms with E-state index in [4.69, 9.17) is 4.74 Å². The van der Waals surface area contributed by atoms with Gasteiger partial charge in [0.2, 0.25) is 0 Å². The lowest BCUT2D eigenvalue weighted by molar-refractivity contribution is -0.120. The average molecular weight is 270 g/mol. The Bertz CT molecular complexity index is 728. The Kier molecular flexibility index (Phi) is 2.22. The molecule has 2 heterocycles. The molecule has 1 fully saturated rings. The van der Waals surface area contributed by atoms with Gasteiger partial charge in [0.1, 0.15) is 11.4 Å². The Morgan fingerprint density at radius 3 is 2.85 bits per heavy atom. The van der Waals surface area contributed by atoms with E-state index in [1.165, 1.54) is 6.42 Å². The second kappa shape index (κ2) is 3.85. The van der Waals surface area contributed by atoms with E-state index in [2.05, 4.69) is 9.88 Å². The van der Waals surface area contributed by atoms with Crippen LogP contribution in [0.4, 0.5) is 0 Å². The molecule has 0 radical (unpaired) electrons. The molecule has 0 atom stereocenters. The maximum atomic E-state index is 12.1. The Labute approximate surface area is 115 Å². The van der Waals surface area contributed by atoms with Crippen molar-refractivity contribution in [3.8, 4) is 5.75 Å². The number of hydrogen-bond acceptors (Lipinski definition) is 3. The first kappa shape index (κ1) is 11.5. The highest BCUT2D eigenvalue weighted by Gasteiger charge is 2.44. The first-order valence-electron chi connectivity index (χ1n) is 6.78. The van der Waals surface area contributed by atoms with Crippen LogP contribution in [0.2, 0.25) is 0 Å². The summed E-state index contributed by atoms with van der Waals surface area (Å²) in [7, 11) is 0. The molecular weight excluding hydrogens is 256 g/mol. The Morgan fingerprint density at radius 1 is 1.30 bits per heavy atom. The van der Waals surface area contributed by atoms with E-state index in [9.17, 15) is 9.59 Å². The molecular formula is C15H14N2O3. The number of aromatic nitrogens is 1. The lowest BCUT2D eigenvalue weighted by Crippen LogP contribution is -2.55. The topological polar surface area (TPSA) is 60.3 Å². The minimum Gasteiger partial charge on any atom is -0.429 e. The van der Waals surface area contributed by atoms with Gasteiger partial charge in [0.25, 0.3) is 12.4 Å². The number of nitrogens with zero attached hydrogens (tertiary/aromatic N) is 1. The number of hydrogen-bond donors (Lipinski definition) is 1. The number of amides is 1. The van der Waals surface area contributed by atoms with Crippen LogP contribution in [-0.4, -0.2) is 23.5 Å². The number of fused-ring (bicyclic) bond motifs is 4. The van der Waals surface area contributed by atoms with E-state index in [1.807, 2.05) is 18.2 Å². The second-order valence-corrected chi connectivity index (χ2v) is 5.56. The number of ether oxygens (including phenoxy) is 1. The third-order valence-electron chi connectivity index (χ3n) is 4.53. The van der Waals surface area contributed by atoms with Crippen LogP contribution in [0, 0.1) is 0 Å². The van der Waals surface area contributed by atoms with E-state index in [1.54, 1.807) is 6.07 Å². The average Bonchev–Trinajstić information content (AvgIpc) is 2.78. The fourth-order valence-electron chi connectivity index (χ4n) is 3.39. The van der Waals surface area contributed by atoms with Gasteiger partial charge in [-0.15, -0.1) is 0 Å². The molecule has 4 rings (SSSR count). The molecule has 1 amide bonds. The predicted molar refractivity (Wildman–Crippen MR) is 72.8 cm³/mol. The van der Waals surface area contributed by atoms with E-state index in [0.29, 0.717) is 24.5 Å². The van der Waals surface area contributed by atoms with Gasteiger partial charge in [-0.1, -0.05) is 0 Å².